The van der Waals surface area contributed by atoms with E-state index in [-0.39, 0.29) is 23.9 Å². The fourth-order valence-electron chi connectivity index (χ4n) is 14.1. The van der Waals surface area contributed by atoms with Crippen molar-refractivity contribution in [1.29, 1.82) is 0 Å². The van der Waals surface area contributed by atoms with Crippen LogP contribution in [0.2, 0.25) is 0 Å². The topological polar surface area (TPSA) is 105 Å². The van der Waals surface area contributed by atoms with Gasteiger partial charge in [0.05, 0.1) is 26.4 Å². The van der Waals surface area contributed by atoms with Crippen LogP contribution in [0.25, 0.3) is 0 Å². The van der Waals surface area contributed by atoms with Gasteiger partial charge in [0.25, 0.3) is 0 Å². The molecule has 0 atom stereocenters. The predicted molar refractivity (Wildman–Crippen MR) is 472 cm³/mol. The van der Waals surface area contributed by atoms with Gasteiger partial charge in [-0.25, -0.2) is 19.2 Å². The molecule has 0 bridgehead atoms. The van der Waals surface area contributed by atoms with E-state index >= 15 is 0 Å². The molecule has 0 aliphatic rings. The first-order chi connectivity index (χ1) is 52.6. The molecular formula is C99H190O8. The third-order valence-corrected chi connectivity index (χ3v) is 21.3. The van der Waals surface area contributed by atoms with Crippen LogP contribution in [0.4, 0.5) is 0 Å². The second-order valence-corrected chi connectivity index (χ2v) is 32.2. The molecule has 0 radical (unpaired) electrons. The quantitative estimate of drug-likeness (QED) is 0.0257. The minimum Gasteiger partial charge on any atom is -0.463 e. The van der Waals surface area contributed by atoms with Crippen molar-refractivity contribution in [3.63, 3.8) is 0 Å². The summed E-state index contributed by atoms with van der Waals surface area (Å²) in [6.45, 7) is 26.8. The number of carbonyl (C=O) groups excluding carboxylic acids is 4. The second-order valence-electron chi connectivity index (χ2n) is 32.2. The largest absolute Gasteiger partial charge is 0.463 e. The predicted octanol–water partition coefficient (Wildman–Crippen LogP) is 33.8. The summed E-state index contributed by atoms with van der Waals surface area (Å²) in [5, 5.41) is 0. The molecule has 107 heavy (non-hydrogen) atoms. The SMILES string of the molecule is C=C(C)C(=O)OCCCCCCCCCCCCCCCCCCCCCCC.C=CC(=O)OCCCCCCCCCCCCCCCCCCCC.C=CC(=O)OCCCCCCCCCCCCCCCCCCCCC.C=CC(=O)OCCCCCCCCCCCCCCCCCCCCCC. The molecule has 0 rings (SSSR count). The molecule has 0 aliphatic heterocycles. The Balaban J connectivity index is -0.000000662. The van der Waals surface area contributed by atoms with Crippen molar-refractivity contribution in [3.05, 3.63) is 50.1 Å². The van der Waals surface area contributed by atoms with Crippen molar-refractivity contribution in [1.82, 2.24) is 0 Å². The molecule has 0 amide bonds. The highest BCUT2D eigenvalue weighted by molar-refractivity contribution is 5.86. The first-order valence-corrected chi connectivity index (χ1v) is 47.8. The molecule has 0 saturated carbocycles. The average molecular weight is 1510 g/mol. The van der Waals surface area contributed by atoms with E-state index in [9.17, 15) is 19.2 Å². The van der Waals surface area contributed by atoms with Gasteiger partial charge in [-0.05, 0) is 32.6 Å². The Morgan fingerprint density at radius 2 is 0.290 bits per heavy atom. The first kappa shape index (κ1) is 110. The Bertz CT molecular complexity index is 1760. The molecular weight excluding hydrogens is 1320 g/mol. The van der Waals surface area contributed by atoms with Crippen LogP contribution >= 0.6 is 0 Å². The Morgan fingerprint density at radius 3 is 0.393 bits per heavy atom. The van der Waals surface area contributed by atoms with Crippen molar-refractivity contribution < 1.29 is 38.1 Å². The Labute approximate surface area is 670 Å². The maximum Gasteiger partial charge on any atom is 0.333 e. The van der Waals surface area contributed by atoms with Gasteiger partial charge in [0, 0.05) is 23.8 Å². The fraction of sp³-hybridized carbons (Fsp3) is 0.879. The van der Waals surface area contributed by atoms with Crippen molar-refractivity contribution in [3.8, 4) is 0 Å². The van der Waals surface area contributed by atoms with Crippen LogP contribution < -0.4 is 0 Å². The maximum atomic E-state index is 11.2. The molecule has 0 unspecified atom stereocenters. The lowest BCUT2D eigenvalue weighted by Gasteiger charge is -2.05. The lowest BCUT2D eigenvalue weighted by Crippen LogP contribution is -2.05. The van der Waals surface area contributed by atoms with Crippen molar-refractivity contribution in [2.75, 3.05) is 26.4 Å². The minimum atomic E-state index is -0.299. The smallest absolute Gasteiger partial charge is 0.333 e. The number of carbonyl (C=O) groups is 4. The summed E-state index contributed by atoms with van der Waals surface area (Å²) in [6.07, 6.45) is 111. The summed E-state index contributed by atoms with van der Waals surface area (Å²) >= 11 is 0. The molecule has 0 aliphatic carbocycles. The van der Waals surface area contributed by atoms with Gasteiger partial charge in [0.1, 0.15) is 0 Å². The maximum absolute atomic E-state index is 11.2. The second kappa shape index (κ2) is 105. The van der Waals surface area contributed by atoms with Gasteiger partial charge in [-0.1, -0.05) is 529 Å². The molecule has 0 spiro atoms. The van der Waals surface area contributed by atoms with E-state index in [1.165, 1.54) is 493 Å². The van der Waals surface area contributed by atoms with Gasteiger partial charge in [-0.15, -0.1) is 0 Å². The summed E-state index contributed by atoms with van der Waals surface area (Å²) in [7, 11) is 0. The van der Waals surface area contributed by atoms with Crippen molar-refractivity contribution in [2.45, 2.75) is 535 Å². The average Bonchev–Trinajstić information content (AvgIpc) is 3.68. The number of esters is 4. The summed E-state index contributed by atoms with van der Waals surface area (Å²) < 4.78 is 20.0. The zero-order chi connectivity index (χ0) is 78.8. The molecule has 0 aromatic rings. The van der Waals surface area contributed by atoms with Gasteiger partial charge in [-0.3, -0.25) is 0 Å². The number of hydrogen-bond acceptors (Lipinski definition) is 8. The van der Waals surface area contributed by atoms with Gasteiger partial charge in [0.2, 0.25) is 0 Å². The van der Waals surface area contributed by atoms with Crippen LogP contribution in [-0.2, 0) is 38.1 Å². The van der Waals surface area contributed by atoms with Crippen LogP contribution in [-0.4, -0.2) is 50.3 Å². The normalized spacial score (nSPS) is 10.9. The third kappa shape index (κ3) is 112. The van der Waals surface area contributed by atoms with E-state index in [1.807, 2.05) is 0 Å². The van der Waals surface area contributed by atoms with E-state index in [4.69, 9.17) is 18.9 Å². The highest BCUT2D eigenvalue weighted by Gasteiger charge is 2.05. The summed E-state index contributed by atoms with van der Waals surface area (Å²) in [4.78, 5) is 43.8. The minimum absolute atomic E-state index is 0.252. The zero-order valence-electron chi connectivity index (χ0n) is 73.3. The van der Waals surface area contributed by atoms with Gasteiger partial charge >= 0.3 is 23.9 Å². The van der Waals surface area contributed by atoms with Crippen LogP contribution in [0, 0.1) is 0 Å². The van der Waals surface area contributed by atoms with E-state index in [2.05, 4.69) is 54.0 Å². The van der Waals surface area contributed by atoms with Crippen LogP contribution in [0.5, 0.6) is 0 Å². The Hall–Kier alpha value is -3.16. The van der Waals surface area contributed by atoms with Crippen molar-refractivity contribution >= 4 is 23.9 Å². The first-order valence-electron chi connectivity index (χ1n) is 47.8. The lowest BCUT2D eigenvalue weighted by molar-refractivity contribution is -0.139. The highest BCUT2D eigenvalue weighted by atomic mass is 16.5. The molecule has 8 heteroatoms. The Morgan fingerprint density at radius 1 is 0.187 bits per heavy atom. The Kier molecular flexibility index (Phi) is 108. The number of rotatable bonds is 86. The summed E-state index contributed by atoms with van der Waals surface area (Å²) in [6, 6.07) is 0. The monoisotopic (exact) mass is 1510 g/mol. The van der Waals surface area contributed by atoms with Crippen LogP contribution in [0.15, 0.2) is 50.1 Å². The summed E-state index contributed by atoms with van der Waals surface area (Å²) in [5.41, 5.74) is 0.494. The standard InChI is InChI=1S/C27H52O2.C25H48O2.C24H46O2.C23H44O2/c1-4-5-6-7-8-9-10-11-12-13-14-15-16-17-18-19-20-21-22-23-24-25-29-27(28)26(2)3;1-3-5-6-7-8-9-10-11-12-13-14-15-16-17-18-19-20-21-22-23-24-27-25(26)4-2;1-3-5-6-7-8-9-10-11-12-13-14-15-16-17-18-19-20-21-22-23-26-24(25)4-2;1-3-5-6-7-8-9-10-11-12-13-14-15-16-17-18-19-20-21-22-25-23(24)4-2/h2,4-25H2,1,3H3;4H,2-3,5-24H2,1H3;4H,2-3,5-23H2,1H3;4H,2-3,5-22H2,1H3. The van der Waals surface area contributed by atoms with E-state index in [0.29, 0.717) is 32.0 Å². The van der Waals surface area contributed by atoms with Gasteiger partial charge < -0.3 is 18.9 Å². The number of hydrogen-bond donors (Lipinski definition) is 0. The highest BCUT2D eigenvalue weighted by Crippen LogP contribution is 2.21. The number of unbranched alkanes of at least 4 members (excludes halogenated alkanes) is 74. The molecule has 634 valence electrons. The molecule has 0 aromatic heterocycles. The summed E-state index contributed by atoms with van der Waals surface area (Å²) in [5.74, 6) is -1.15. The van der Waals surface area contributed by atoms with Gasteiger partial charge in [0.15, 0.2) is 0 Å². The molecule has 0 aromatic carbocycles. The van der Waals surface area contributed by atoms with Crippen LogP contribution in [0.3, 0.4) is 0 Å². The van der Waals surface area contributed by atoms with Crippen molar-refractivity contribution in [2.24, 2.45) is 0 Å². The molecule has 0 heterocycles. The fourth-order valence-corrected chi connectivity index (χ4v) is 14.1. The molecule has 0 saturated heterocycles. The third-order valence-electron chi connectivity index (χ3n) is 21.3. The molecule has 0 N–H and O–H groups in total. The lowest BCUT2D eigenvalue weighted by atomic mass is 10.0. The van der Waals surface area contributed by atoms with E-state index < -0.39 is 0 Å². The van der Waals surface area contributed by atoms with Gasteiger partial charge in [-0.2, -0.15) is 0 Å². The van der Waals surface area contributed by atoms with Crippen LogP contribution in [0.1, 0.15) is 535 Å². The van der Waals surface area contributed by atoms with E-state index in [1.54, 1.807) is 6.92 Å². The number of ether oxygens (including phenoxy) is 4. The zero-order valence-corrected chi connectivity index (χ0v) is 73.3. The van der Waals surface area contributed by atoms with E-state index in [0.717, 1.165) is 25.7 Å². The molecule has 0 fully saturated rings. The molecule has 8 nitrogen and oxygen atoms in total.